The second-order valence-corrected chi connectivity index (χ2v) is 6.85. The maximum Gasteiger partial charge on any atom is 0.270 e. The molecular weight excluding hydrogens is 356 g/mol. The number of carbonyl (C=O) groups is 1. The zero-order chi connectivity index (χ0) is 19.7. The summed E-state index contributed by atoms with van der Waals surface area (Å²) in [6, 6.07) is 16.6. The van der Waals surface area contributed by atoms with Gasteiger partial charge in [-0.2, -0.15) is 0 Å². The Morgan fingerprint density at radius 3 is 2.39 bits per heavy atom. The molecule has 3 aromatic rings. The molecule has 7 nitrogen and oxygen atoms in total. The predicted molar refractivity (Wildman–Crippen MR) is 108 cm³/mol. The molecule has 1 saturated heterocycles. The highest BCUT2D eigenvalue weighted by atomic mass is 16.6. The van der Waals surface area contributed by atoms with Crippen LogP contribution in [0.25, 0.3) is 22.0 Å². The lowest BCUT2D eigenvalue weighted by Gasteiger charge is -2.36. The van der Waals surface area contributed by atoms with Crippen molar-refractivity contribution in [2.75, 3.05) is 31.1 Å². The van der Waals surface area contributed by atoms with E-state index in [-0.39, 0.29) is 11.6 Å². The molecule has 4 rings (SSSR count). The van der Waals surface area contributed by atoms with E-state index in [1.165, 1.54) is 6.07 Å². The molecule has 142 valence electrons. The third kappa shape index (κ3) is 3.38. The Bertz CT molecular complexity index is 1040. The summed E-state index contributed by atoms with van der Waals surface area (Å²) >= 11 is 0. The SMILES string of the molecule is CC(=O)N1CCN(c2nc3ccc([N+](=O)[O-])cc3cc2-c2ccccc2)CC1. The molecule has 1 aromatic heterocycles. The van der Waals surface area contributed by atoms with Crippen LogP contribution < -0.4 is 4.90 Å². The van der Waals surface area contributed by atoms with Crippen LogP contribution in [0, 0.1) is 10.1 Å². The minimum Gasteiger partial charge on any atom is -0.353 e. The number of hydrogen-bond donors (Lipinski definition) is 0. The molecule has 1 aliphatic heterocycles. The molecule has 0 atom stereocenters. The third-order valence-electron chi connectivity index (χ3n) is 5.10. The number of hydrogen-bond acceptors (Lipinski definition) is 5. The highest BCUT2D eigenvalue weighted by Gasteiger charge is 2.23. The summed E-state index contributed by atoms with van der Waals surface area (Å²) < 4.78 is 0. The average molecular weight is 376 g/mol. The smallest absolute Gasteiger partial charge is 0.270 e. The van der Waals surface area contributed by atoms with Crippen LogP contribution in [0.2, 0.25) is 0 Å². The van der Waals surface area contributed by atoms with E-state index >= 15 is 0 Å². The largest absolute Gasteiger partial charge is 0.353 e. The van der Waals surface area contributed by atoms with Gasteiger partial charge in [0.25, 0.3) is 5.69 Å². The van der Waals surface area contributed by atoms with E-state index in [0.29, 0.717) is 31.7 Å². The number of pyridine rings is 1. The molecule has 1 amide bonds. The minimum atomic E-state index is -0.392. The van der Waals surface area contributed by atoms with E-state index in [1.807, 2.05) is 41.3 Å². The second-order valence-electron chi connectivity index (χ2n) is 6.85. The highest BCUT2D eigenvalue weighted by molar-refractivity contribution is 5.91. The zero-order valence-corrected chi connectivity index (χ0v) is 15.5. The lowest BCUT2D eigenvalue weighted by molar-refractivity contribution is -0.384. The van der Waals surface area contributed by atoms with Gasteiger partial charge >= 0.3 is 0 Å². The highest BCUT2D eigenvalue weighted by Crippen LogP contribution is 2.34. The quantitative estimate of drug-likeness (QED) is 0.516. The molecule has 0 aliphatic carbocycles. The Hall–Kier alpha value is -3.48. The number of piperazine rings is 1. The van der Waals surface area contributed by atoms with E-state index in [9.17, 15) is 14.9 Å². The molecule has 0 unspecified atom stereocenters. The van der Waals surface area contributed by atoms with Gasteiger partial charge in [0.15, 0.2) is 0 Å². The van der Waals surface area contributed by atoms with Crippen molar-refractivity contribution in [2.45, 2.75) is 6.92 Å². The first-order valence-corrected chi connectivity index (χ1v) is 9.18. The number of aromatic nitrogens is 1. The molecule has 28 heavy (non-hydrogen) atoms. The van der Waals surface area contributed by atoms with Gasteiger partial charge in [0.2, 0.25) is 5.91 Å². The number of rotatable bonds is 3. The molecule has 0 spiro atoms. The number of non-ortho nitro benzene ring substituents is 1. The third-order valence-corrected chi connectivity index (χ3v) is 5.10. The number of fused-ring (bicyclic) bond motifs is 1. The van der Waals surface area contributed by atoms with Crippen molar-refractivity contribution in [3.63, 3.8) is 0 Å². The lowest BCUT2D eigenvalue weighted by atomic mass is 10.0. The maximum absolute atomic E-state index is 11.6. The minimum absolute atomic E-state index is 0.0520. The number of amides is 1. The van der Waals surface area contributed by atoms with Crippen LogP contribution in [0.3, 0.4) is 0 Å². The van der Waals surface area contributed by atoms with Gasteiger partial charge < -0.3 is 9.80 Å². The molecule has 0 bridgehead atoms. The van der Waals surface area contributed by atoms with Crippen molar-refractivity contribution in [3.8, 4) is 11.1 Å². The molecule has 2 aromatic carbocycles. The van der Waals surface area contributed by atoms with Crippen molar-refractivity contribution in [3.05, 3.63) is 64.7 Å². The van der Waals surface area contributed by atoms with Crippen LogP contribution in [0.5, 0.6) is 0 Å². The van der Waals surface area contributed by atoms with Gasteiger partial charge in [-0.25, -0.2) is 4.98 Å². The summed E-state index contributed by atoms with van der Waals surface area (Å²) in [5.41, 5.74) is 2.71. The molecule has 0 N–H and O–H groups in total. The van der Waals surface area contributed by atoms with Gasteiger partial charge in [-0.15, -0.1) is 0 Å². The number of carbonyl (C=O) groups excluding carboxylic acids is 1. The van der Waals surface area contributed by atoms with Crippen LogP contribution in [-0.2, 0) is 4.79 Å². The summed E-state index contributed by atoms with van der Waals surface area (Å²) in [7, 11) is 0. The van der Waals surface area contributed by atoms with E-state index in [1.54, 1.807) is 19.1 Å². The van der Waals surface area contributed by atoms with E-state index in [2.05, 4.69) is 4.90 Å². The van der Waals surface area contributed by atoms with Gasteiger partial charge in [0.05, 0.1) is 10.4 Å². The predicted octanol–water partition coefficient (Wildman–Crippen LogP) is 3.48. The van der Waals surface area contributed by atoms with Crippen LogP contribution in [0.15, 0.2) is 54.6 Å². The fraction of sp³-hybridized carbons (Fsp3) is 0.238. The summed E-state index contributed by atoms with van der Waals surface area (Å²) in [5, 5.41) is 11.9. The number of nitrogens with zero attached hydrogens (tertiary/aromatic N) is 4. The normalized spacial score (nSPS) is 14.3. The van der Waals surface area contributed by atoms with Crippen molar-refractivity contribution in [1.82, 2.24) is 9.88 Å². The first-order valence-electron chi connectivity index (χ1n) is 9.18. The Morgan fingerprint density at radius 2 is 1.75 bits per heavy atom. The van der Waals surface area contributed by atoms with E-state index < -0.39 is 4.92 Å². The summed E-state index contributed by atoms with van der Waals surface area (Å²) in [6.45, 7) is 4.30. The van der Waals surface area contributed by atoms with Crippen LogP contribution >= 0.6 is 0 Å². The molecule has 0 radical (unpaired) electrons. The average Bonchev–Trinajstić information content (AvgIpc) is 2.73. The fourth-order valence-corrected chi connectivity index (χ4v) is 3.57. The second kappa shape index (κ2) is 7.26. The topological polar surface area (TPSA) is 79.6 Å². The summed E-state index contributed by atoms with van der Waals surface area (Å²) in [4.78, 5) is 31.2. The van der Waals surface area contributed by atoms with Crippen molar-refractivity contribution in [1.29, 1.82) is 0 Å². The number of nitro groups is 1. The Kier molecular flexibility index (Phi) is 4.65. The van der Waals surface area contributed by atoms with Gasteiger partial charge in [-0.3, -0.25) is 14.9 Å². The molecule has 0 saturated carbocycles. The standard InChI is InChI=1S/C21H20N4O3/c1-15(26)23-9-11-24(12-10-23)21-19(16-5-3-2-4-6-16)14-17-13-18(25(27)28)7-8-20(17)22-21/h2-8,13-14H,9-12H2,1H3. The number of anilines is 1. The first-order chi connectivity index (χ1) is 13.5. The monoisotopic (exact) mass is 376 g/mol. The van der Waals surface area contributed by atoms with E-state index in [0.717, 1.165) is 22.3 Å². The molecule has 1 fully saturated rings. The van der Waals surface area contributed by atoms with E-state index in [4.69, 9.17) is 4.98 Å². The van der Waals surface area contributed by atoms with Gasteiger partial charge in [0.1, 0.15) is 5.82 Å². The van der Waals surface area contributed by atoms with Gasteiger partial charge in [-0.05, 0) is 17.7 Å². The lowest BCUT2D eigenvalue weighted by Crippen LogP contribution is -2.48. The number of nitro benzene ring substituents is 1. The molecule has 2 heterocycles. The Balaban J connectivity index is 1.81. The number of benzene rings is 2. The molecular formula is C21H20N4O3. The van der Waals surface area contributed by atoms with Crippen molar-refractivity contribution >= 4 is 28.3 Å². The Labute approximate surface area is 162 Å². The van der Waals surface area contributed by atoms with Crippen molar-refractivity contribution < 1.29 is 9.72 Å². The zero-order valence-electron chi connectivity index (χ0n) is 15.5. The molecule has 7 heteroatoms. The molecule has 1 aliphatic rings. The van der Waals surface area contributed by atoms with Crippen molar-refractivity contribution in [2.24, 2.45) is 0 Å². The summed E-state index contributed by atoms with van der Waals surface area (Å²) in [5.74, 6) is 0.928. The van der Waals surface area contributed by atoms with Crippen LogP contribution in [-0.4, -0.2) is 46.9 Å². The fourth-order valence-electron chi connectivity index (χ4n) is 3.57. The Morgan fingerprint density at radius 1 is 1.04 bits per heavy atom. The van der Waals surface area contributed by atoms with Crippen LogP contribution in [0.1, 0.15) is 6.92 Å². The van der Waals surface area contributed by atoms with Crippen LogP contribution in [0.4, 0.5) is 11.5 Å². The first kappa shape index (κ1) is 17.9. The van der Waals surface area contributed by atoms with Gasteiger partial charge in [0, 0.05) is 56.2 Å². The summed E-state index contributed by atoms with van der Waals surface area (Å²) in [6.07, 6.45) is 0. The van der Waals surface area contributed by atoms with Gasteiger partial charge in [-0.1, -0.05) is 30.3 Å². The maximum atomic E-state index is 11.6.